The molecule has 4 nitrogen and oxygen atoms in total. The molecule has 0 aliphatic heterocycles. The quantitative estimate of drug-likeness (QED) is 0.659. The van der Waals surface area contributed by atoms with Crippen LogP contribution in [0.2, 0.25) is 0 Å². The van der Waals surface area contributed by atoms with Gasteiger partial charge in [0, 0.05) is 32.9 Å². The lowest BCUT2D eigenvalue weighted by Crippen LogP contribution is -2.19. The molecule has 0 fully saturated rings. The van der Waals surface area contributed by atoms with Crippen LogP contribution in [0.25, 0.3) is 0 Å². The highest BCUT2D eigenvalue weighted by Crippen LogP contribution is 1.92. The summed E-state index contributed by atoms with van der Waals surface area (Å²) in [5.41, 5.74) is 1.08. The Labute approximate surface area is 91.6 Å². The predicted molar refractivity (Wildman–Crippen MR) is 60.6 cm³/mol. The number of hydrogen-bond acceptors (Lipinski definition) is 3. The number of hydrogen-bond donors (Lipinski definition) is 1. The summed E-state index contributed by atoms with van der Waals surface area (Å²) in [6.07, 6.45) is 4.30. The topological polar surface area (TPSA) is 39.1 Å². The Morgan fingerprint density at radius 3 is 3.00 bits per heavy atom. The predicted octanol–water partition coefficient (Wildman–Crippen LogP) is 1.33. The van der Waals surface area contributed by atoms with Crippen molar-refractivity contribution in [3.63, 3.8) is 0 Å². The summed E-state index contributed by atoms with van der Waals surface area (Å²) >= 11 is 0. The van der Waals surface area contributed by atoms with Gasteiger partial charge in [-0.05, 0) is 12.5 Å². The van der Waals surface area contributed by atoms with Gasteiger partial charge < -0.3 is 10.1 Å². The second-order valence-corrected chi connectivity index (χ2v) is 3.62. The van der Waals surface area contributed by atoms with E-state index in [-0.39, 0.29) is 0 Å². The Hall–Kier alpha value is -0.870. The Kier molecular flexibility index (Phi) is 6.04. The maximum atomic E-state index is 5.43. The minimum atomic E-state index is 0.785. The number of aromatic nitrogens is 2. The molecule has 0 radical (unpaired) electrons. The van der Waals surface area contributed by atoms with Gasteiger partial charge in [-0.15, -0.1) is 0 Å². The monoisotopic (exact) mass is 211 g/mol. The van der Waals surface area contributed by atoms with Crippen molar-refractivity contribution < 1.29 is 4.74 Å². The van der Waals surface area contributed by atoms with Crippen molar-refractivity contribution in [2.24, 2.45) is 7.05 Å². The van der Waals surface area contributed by atoms with Gasteiger partial charge in [0.1, 0.15) is 0 Å². The van der Waals surface area contributed by atoms with Gasteiger partial charge >= 0.3 is 0 Å². The van der Waals surface area contributed by atoms with Crippen molar-refractivity contribution in [1.29, 1.82) is 0 Å². The first-order valence-corrected chi connectivity index (χ1v) is 5.60. The molecule has 0 spiro atoms. The molecule has 0 amide bonds. The molecule has 4 heteroatoms. The molecular formula is C11H21N3O. The largest absolute Gasteiger partial charge is 0.380 e. The molecule has 0 saturated carbocycles. The summed E-state index contributed by atoms with van der Waals surface area (Å²) < 4.78 is 7.24. The van der Waals surface area contributed by atoms with Crippen LogP contribution in [-0.2, 0) is 18.3 Å². The second kappa shape index (κ2) is 7.43. The first-order chi connectivity index (χ1) is 7.33. The van der Waals surface area contributed by atoms with Gasteiger partial charge in [0.05, 0.1) is 12.3 Å². The van der Waals surface area contributed by atoms with Crippen LogP contribution in [0, 0.1) is 0 Å². The molecule has 0 aliphatic rings. The molecule has 0 unspecified atom stereocenters. The van der Waals surface area contributed by atoms with Crippen LogP contribution in [0.4, 0.5) is 0 Å². The van der Waals surface area contributed by atoms with Crippen LogP contribution >= 0.6 is 0 Å². The number of aryl methyl sites for hydroxylation is 1. The second-order valence-electron chi connectivity index (χ2n) is 3.62. The zero-order valence-corrected chi connectivity index (χ0v) is 9.70. The highest BCUT2D eigenvalue weighted by molar-refractivity contribution is 4.97. The minimum Gasteiger partial charge on any atom is -0.380 e. The van der Waals surface area contributed by atoms with Crippen LogP contribution in [0.15, 0.2) is 12.3 Å². The van der Waals surface area contributed by atoms with Crippen molar-refractivity contribution >= 4 is 0 Å². The Morgan fingerprint density at radius 2 is 2.33 bits per heavy atom. The fourth-order valence-corrected chi connectivity index (χ4v) is 1.27. The van der Waals surface area contributed by atoms with Crippen molar-refractivity contribution in [2.75, 3.05) is 19.8 Å². The molecule has 0 aliphatic carbocycles. The maximum absolute atomic E-state index is 5.43. The Balaban J connectivity index is 1.93. The number of nitrogens with one attached hydrogen (secondary N) is 1. The third-order valence-electron chi connectivity index (χ3n) is 2.14. The molecular weight excluding hydrogens is 190 g/mol. The third kappa shape index (κ3) is 5.54. The van der Waals surface area contributed by atoms with Crippen molar-refractivity contribution in [3.05, 3.63) is 18.0 Å². The minimum absolute atomic E-state index is 0.785. The fraction of sp³-hybridized carbons (Fsp3) is 0.727. The molecule has 0 atom stereocenters. The number of nitrogens with zero attached hydrogens (tertiary/aromatic N) is 2. The first-order valence-electron chi connectivity index (χ1n) is 5.60. The van der Waals surface area contributed by atoms with E-state index in [4.69, 9.17) is 4.74 Å². The van der Waals surface area contributed by atoms with E-state index in [9.17, 15) is 0 Å². The fourth-order valence-electron chi connectivity index (χ4n) is 1.27. The molecule has 0 saturated heterocycles. The van der Waals surface area contributed by atoms with Crippen molar-refractivity contribution in [2.45, 2.75) is 26.3 Å². The van der Waals surface area contributed by atoms with Crippen LogP contribution in [0.5, 0.6) is 0 Å². The molecule has 0 bridgehead atoms. The zero-order chi connectivity index (χ0) is 10.9. The van der Waals surface area contributed by atoms with E-state index in [1.807, 2.05) is 24.0 Å². The van der Waals surface area contributed by atoms with E-state index in [0.717, 1.165) is 38.4 Å². The number of ether oxygens (including phenoxy) is 1. The van der Waals surface area contributed by atoms with Crippen LogP contribution in [-0.4, -0.2) is 29.5 Å². The lowest BCUT2D eigenvalue weighted by atomic mass is 10.4. The van der Waals surface area contributed by atoms with Gasteiger partial charge in [-0.2, -0.15) is 5.10 Å². The normalized spacial score (nSPS) is 10.8. The Bertz CT molecular complexity index is 260. The molecule has 1 aromatic rings. The van der Waals surface area contributed by atoms with E-state index < -0.39 is 0 Å². The molecule has 1 aromatic heterocycles. The van der Waals surface area contributed by atoms with Gasteiger partial charge in [-0.25, -0.2) is 0 Å². The highest BCUT2D eigenvalue weighted by Gasteiger charge is 1.95. The summed E-state index contributed by atoms with van der Waals surface area (Å²) in [5, 5.41) is 7.56. The molecule has 15 heavy (non-hydrogen) atoms. The van der Waals surface area contributed by atoms with Gasteiger partial charge in [-0.1, -0.05) is 13.3 Å². The van der Waals surface area contributed by atoms with Gasteiger partial charge in [0.15, 0.2) is 0 Å². The van der Waals surface area contributed by atoms with Gasteiger partial charge in [0.25, 0.3) is 0 Å². The summed E-state index contributed by atoms with van der Waals surface area (Å²) in [4.78, 5) is 0. The number of unbranched alkanes of at least 4 members (excludes halogenated alkanes) is 1. The SMILES string of the molecule is CCCCOCCNCc1ccn(C)n1. The number of rotatable bonds is 8. The van der Waals surface area contributed by atoms with Crippen molar-refractivity contribution in [1.82, 2.24) is 15.1 Å². The van der Waals surface area contributed by atoms with E-state index in [1.165, 1.54) is 6.42 Å². The Morgan fingerprint density at radius 1 is 1.47 bits per heavy atom. The summed E-state index contributed by atoms with van der Waals surface area (Å²) in [5.74, 6) is 0. The zero-order valence-electron chi connectivity index (χ0n) is 9.70. The van der Waals surface area contributed by atoms with Crippen LogP contribution in [0.1, 0.15) is 25.5 Å². The summed E-state index contributed by atoms with van der Waals surface area (Å²) in [6, 6.07) is 2.02. The van der Waals surface area contributed by atoms with E-state index in [1.54, 1.807) is 0 Å². The summed E-state index contributed by atoms with van der Waals surface area (Å²) in [6.45, 7) is 5.54. The van der Waals surface area contributed by atoms with E-state index >= 15 is 0 Å². The lowest BCUT2D eigenvalue weighted by Gasteiger charge is -2.04. The average Bonchev–Trinajstić information content (AvgIpc) is 2.63. The third-order valence-corrected chi connectivity index (χ3v) is 2.14. The smallest absolute Gasteiger partial charge is 0.0762 e. The lowest BCUT2D eigenvalue weighted by molar-refractivity contribution is 0.133. The average molecular weight is 211 g/mol. The maximum Gasteiger partial charge on any atom is 0.0762 e. The molecule has 1 rings (SSSR count). The van der Waals surface area contributed by atoms with Crippen molar-refractivity contribution in [3.8, 4) is 0 Å². The molecule has 1 heterocycles. The van der Waals surface area contributed by atoms with Gasteiger partial charge in [0.2, 0.25) is 0 Å². The van der Waals surface area contributed by atoms with E-state index in [2.05, 4.69) is 17.3 Å². The van der Waals surface area contributed by atoms with Crippen LogP contribution in [0.3, 0.4) is 0 Å². The van der Waals surface area contributed by atoms with E-state index in [0.29, 0.717) is 0 Å². The first kappa shape index (κ1) is 12.2. The summed E-state index contributed by atoms with van der Waals surface area (Å²) in [7, 11) is 1.93. The molecule has 1 N–H and O–H groups in total. The van der Waals surface area contributed by atoms with Crippen LogP contribution < -0.4 is 5.32 Å². The highest BCUT2D eigenvalue weighted by atomic mass is 16.5. The standard InChI is InChI=1S/C11H21N3O/c1-3-4-8-15-9-6-12-10-11-5-7-14(2)13-11/h5,7,12H,3-4,6,8-10H2,1-2H3. The van der Waals surface area contributed by atoms with Gasteiger partial charge in [-0.3, -0.25) is 4.68 Å². The molecule has 0 aromatic carbocycles. The molecule has 86 valence electrons.